The molecule has 0 spiro atoms. The molecule has 2 aliphatic carbocycles. The number of ketones is 1. The Balaban J connectivity index is 0.00000280. The smallest absolute Gasteiger partial charge is 0.286 e. The molecule has 0 aromatic carbocycles. The van der Waals surface area contributed by atoms with Gasteiger partial charge in [-0.1, -0.05) is 43.9 Å². The van der Waals surface area contributed by atoms with Gasteiger partial charge in [-0.05, 0) is 38.6 Å². The summed E-state index contributed by atoms with van der Waals surface area (Å²) in [5.74, 6) is 0.782. The zero-order valence-corrected chi connectivity index (χ0v) is 18.1. The fourth-order valence-electron chi connectivity index (χ4n) is 4.07. The first-order valence-electron chi connectivity index (χ1n) is 10.1. The molecule has 2 saturated carbocycles. The Labute approximate surface area is 177 Å². The van der Waals surface area contributed by atoms with Gasteiger partial charge in [-0.2, -0.15) is 0 Å². The number of hydrogen-bond acceptors (Lipinski definition) is 7. The highest BCUT2D eigenvalue weighted by Gasteiger charge is 2.36. The molecule has 2 N–H and O–H groups in total. The first-order valence-corrected chi connectivity index (χ1v) is 11.1. The summed E-state index contributed by atoms with van der Waals surface area (Å²) in [6, 6.07) is -0.544. The monoisotopic (exact) mass is 430 g/mol. The molecule has 1 aromatic rings. The van der Waals surface area contributed by atoms with Gasteiger partial charge < -0.3 is 15.1 Å². The van der Waals surface area contributed by atoms with Gasteiger partial charge in [0.15, 0.2) is 0 Å². The minimum Gasteiger partial charge on any atom is -0.408 e. The van der Waals surface area contributed by atoms with E-state index in [0.717, 1.165) is 63.7 Å². The largest absolute Gasteiger partial charge is 0.408 e. The van der Waals surface area contributed by atoms with E-state index in [1.807, 2.05) is 7.05 Å². The Bertz CT molecular complexity index is 630. The quantitative estimate of drug-likeness (QED) is 0.352. The number of carbonyl (C=O) groups excluding carboxylic acids is 2. The SMILES string of the molecule is CNCCSc1nnc(C(=O)C(NC(=O)C2CCCCC2)C2CCCC2)o1.Cl. The van der Waals surface area contributed by atoms with Crippen LogP contribution in [-0.2, 0) is 4.79 Å². The molecule has 1 aromatic heterocycles. The second-order valence-electron chi connectivity index (χ2n) is 7.56. The van der Waals surface area contributed by atoms with Crippen molar-refractivity contribution in [2.24, 2.45) is 11.8 Å². The summed E-state index contributed by atoms with van der Waals surface area (Å²) in [4.78, 5) is 25.8. The number of Topliss-reactive ketones (excluding diaryl/α,β-unsaturated/α-hetero) is 1. The van der Waals surface area contributed by atoms with Crippen LogP contribution in [0.2, 0.25) is 0 Å². The average molecular weight is 431 g/mol. The zero-order chi connectivity index (χ0) is 19.1. The van der Waals surface area contributed by atoms with E-state index in [1.54, 1.807) is 0 Å². The van der Waals surface area contributed by atoms with E-state index >= 15 is 0 Å². The number of nitrogens with zero attached hydrogens (tertiary/aromatic N) is 2. The fraction of sp³-hybridized carbons (Fsp3) is 0.789. The van der Waals surface area contributed by atoms with Crippen LogP contribution < -0.4 is 10.6 Å². The Morgan fingerprint density at radius 3 is 2.46 bits per heavy atom. The third kappa shape index (κ3) is 6.19. The van der Waals surface area contributed by atoms with Crippen LogP contribution in [0.4, 0.5) is 0 Å². The number of thioether (sulfide) groups is 1. The van der Waals surface area contributed by atoms with Gasteiger partial charge >= 0.3 is 0 Å². The van der Waals surface area contributed by atoms with Gasteiger partial charge in [-0.3, -0.25) is 9.59 Å². The van der Waals surface area contributed by atoms with Crippen LogP contribution in [0.15, 0.2) is 9.64 Å². The van der Waals surface area contributed by atoms with E-state index < -0.39 is 6.04 Å². The fourth-order valence-corrected chi connectivity index (χ4v) is 4.78. The van der Waals surface area contributed by atoms with Crippen LogP contribution in [0.5, 0.6) is 0 Å². The van der Waals surface area contributed by atoms with Crippen molar-refractivity contribution in [3.8, 4) is 0 Å². The predicted octanol–water partition coefficient (Wildman–Crippen LogP) is 3.24. The van der Waals surface area contributed by atoms with Crippen LogP contribution in [0, 0.1) is 11.8 Å². The summed E-state index contributed by atoms with van der Waals surface area (Å²) < 4.78 is 5.57. The molecule has 9 heteroatoms. The Morgan fingerprint density at radius 2 is 1.79 bits per heavy atom. The number of nitrogens with one attached hydrogen (secondary N) is 2. The standard InChI is InChI=1S/C19H30N4O3S.ClH/c1-20-11-12-27-19-23-22-18(26-19)16(24)15(13-7-5-6-8-13)21-17(25)14-9-3-2-4-10-14;/h13-15,20H,2-12H2,1H3,(H,21,25);1H. The molecule has 1 heterocycles. The highest BCUT2D eigenvalue weighted by Crippen LogP contribution is 2.31. The lowest BCUT2D eigenvalue weighted by Crippen LogP contribution is -2.48. The normalized spacial score (nSPS) is 19.2. The average Bonchev–Trinajstić information content (AvgIpc) is 3.38. The van der Waals surface area contributed by atoms with Gasteiger partial charge in [0.2, 0.25) is 11.7 Å². The highest BCUT2D eigenvalue weighted by atomic mass is 35.5. The van der Waals surface area contributed by atoms with Gasteiger partial charge in [-0.25, -0.2) is 0 Å². The Hall–Kier alpha value is -1.12. The zero-order valence-electron chi connectivity index (χ0n) is 16.4. The van der Waals surface area contributed by atoms with Crippen molar-refractivity contribution in [1.82, 2.24) is 20.8 Å². The topological polar surface area (TPSA) is 97.1 Å². The number of carbonyl (C=O) groups is 2. The summed E-state index contributed by atoms with van der Waals surface area (Å²) in [5, 5.41) is 14.4. The molecule has 1 amide bonds. The molecule has 3 rings (SSSR count). The lowest BCUT2D eigenvalue weighted by atomic mass is 9.87. The van der Waals surface area contributed by atoms with E-state index in [9.17, 15) is 9.59 Å². The van der Waals surface area contributed by atoms with Crippen molar-refractivity contribution in [3.05, 3.63) is 5.89 Å². The number of rotatable bonds is 9. The molecule has 1 atom stereocenters. The van der Waals surface area contributed by atoms with Crippen molar-refractivity contribution in [1.29, 1.82) is 0 Å². The molecule has 0 bridgehead atoms. The predicted molar refractivity (Wildman–Crippen MR) is 111 cm³/mol. The highest BCUT2D eigenvalue weighted by molar-refractivity contribution is 7.99. The van der Waals surface area contributed by atoms with Gasteiger partial charge in [0.25, 0.3) is 11.1 Å². The maximum atomic E-state index is 13.1. The molecule has 0 aliphatic heterocycles. The first-order chi connectivity index (χ1) is 13.2. The second-order valence-corrected chi connectivity index (χ2v) is 8.60. The summed E-state index contributed by atoms with van der Waals surface area (Å²) in [6.07, 6.45) is 9.34. The minimum absolute atomic E-state index is 0. The maximum Gasteiger partial charge on any atom is 0.286 e. The van der Waals surface area contributed by atoms with E-state index in [1.165, 1.54) is 18.2 Å². The number of aromatic nitrogens is 2. The van der Waals surface area contributed by atoms with Gasteiger partial charge in [0.05, 0.1) is 0 Å². The summed E-state index contributed by atoms with van der Waals surface area (Å²) in [6.45, 7) is 0.818. The molecule has 2 aliphatic rings. The van der Waals surface area contributed by atoms with Crippen LogP contribution >= 0.6 is 24.2 Å². The third-order valence-corrected chi connectivity index (χ3v) is 6.44. The van der Waals surface area contributed by atoms with Crippen LogP contribution in [0.3, 0.4) is 0 Å². The van der Waals surface area contributed by atoms with E-state index in [0.29, 0.717) is 5.22 Å². The lowest BCUT2D eigenvalue weighted by molar-refractivity contribution is -0.126. The number of amides is 1. The van der Waals surface area contributed by atoms with Gasteiger partial charge in [0, 0.05) is 18.2 Å². The van der Waals surface area contributed by atoms with Crippen molar-refractivity contribution >= 4 is 35.9 Å². The molecule has 28 heavy (non-hydrogen) atoms. The summed E-state index contributed by atoms with van der Waals surface area (Å²) >= 11 is 1.42. The van der Waals surface area contributed by atoms with E-state index in [2.05, 4.69) is 20.8 Å². The minimum atomic E-state index is -0.544. The number of hydrogen-bond donors (Lipinski definition) is 2. The molecule has 1 unspecified atom stereocenters. The molecule has 158 valence electrons. The molecule has 0 radical (unpaired) electrons. The Morgan fingerprint density at radius 1 is 1.11 bits per heavy atom. The molecular formula is C19H31ClN4O3S. The van der Waals surface area contributed by atoms with Crippen LogP contribution in [-0.4, -0.2) is 47.3 Å². The van der Waals surface area contributed by atoms with Crippen molar-refractivity contribution < 1.29 is 14.0 Å². The molecule has 2 fully saturated rings. The molecule has 0 saturated heterocycles. The summed E-state index contributed by atoms with van der Waals surface area (Å²) in [7, 11) is 1.88. The van der Waals surface area contributed by atoms with Gasteiger partial charge in [-0.15, -0.1) is 22.6 Å². The maximum absolute atomic E-state index is 13.1. The van der Waals surface area contributed by atoms with Crippen LogP contribution in [0.1, 0.15) is 68.5 Å². The van der Waals surface area contributed by atoms with Gasteiger partial charge in [0.1, 0.15) is 6.04 Å². The van der Waals surface area contributed by atoms with E-state index in [4.69, 9.17) is 4.42 Å². The molecule has 7 nitrogen and oxygen atoms in total. The second kappa shape index (κ2) is 11.8. The lowest BCUT2D eigenvalue weighted by Gasteiger charge is -2.26. The molecular weight excluding hydrogens is 400 g/mol. The number of halogens is 1. The Kier molecular flexibility index (Phi) is 9.74. The summed E-state index contributed by atoms with van der Waals surface area (Å²) in [5.41, 5.74) is 0. The van der Waals surface area contributed by atoms with Crippen LogP contribution in [0.25, 0.3) is 0 Å². The van der Waals surface area contributed by atoms with Crippen molar-refractivity contribution in [2.75, 3.05) is 19.3 Å². The third-order valence-electron chi connectivity index (χ3n) is 5.62. The van der Waals surface area contributed by atoms with E-state index in [-0.39, 0.29) is 41.8 Å². The van der Waals surface area contributed by atoms with Crippen molar-refractivity contribution in [3.63, 3.8) is 0 Å². The van der Waals surface area contributed by atoms with Crippen molar-refractivity contribution in [2.45, 2.75) is 69.1 Å². The first kappa shape index (κ1) is 23.2.